The van der Waals surface area contributed by atoms with Crippen molar-refractivity contribution in [2.24, 2.45) is 5.41 Å². The van der Waals surface area contributed by atoms with Crippen LogP contribution >= 0.6 is 0 Å². The second-order valence-corrected chi connectivity index (χ2v) is 5.05. The largest absolute Gasteiger partial charge is 0.0871 e. The summed E-state index contributed by atoms with van der Waals surface area (Å²) in [6.07, 6.45) is 7.03. The maximum absolute atomic E-state index is 2.42. The molecule has 0 aliphatic heterocycles. The molecule has 0 N–H and O–H groups in total. The Hall–Kier alpha value is -1.04. The molecule has 1 aromatic rings. The SMILES string of the molecule is CC=Cc1ccc2c(c1)C1CC1(C)C2. The lowest BCUT2D eigenvalue weighted by atomic mass is 10.0. The van der Waals surface area contributed by atoms with E-state index in [1.165, 1.54) is 18.4 Å². The predicted octanol–water partition coefficient (Wildman–Crippen LogP) is 3.77. The molecule has 0 bridgehead atoms. The third-order valence-corrected chi connectivity index (χ3v) is 3.85. The van der Waals surface area contributed by atoms with Crippen molar-refractivity contribution in [3.63, 3.8) is 0 Å². The molecule has 72 valence electrons. The molecule has 1 saturated carbocycles. The van der Waals surface area contributed by atoms with Gasteiger partial charge in [0.15, 0.2) is 0 Å². The normalized spacial score (nSPS) is 33.1. The second-order valence-electron chi connectivity index (χ2n) is 5.05. The standard InChI is InChI=1S/C14H16/c1-3-4-10-5-6-11-8-14(2)9-13(14)12(11)7-10/h3-7,13H,8-9H2,1-2H3. The Kier molecular flexibility index (Phi) is 1.48. The van der Waals surface area contributed by atoms with Crippen molar-refractivity contribution < 1.29 is 0 Å². The fourth-order valence-corrected chi connectivity index (χ4v) is 2.92. The van der Waals surface area contributed by atoms with E-state index in [0.29, 0.717) is 5.41 Å². The number of benzene rings is 1. The first-order chi connectivity index (χ1) is 6.73. The van der Waals surface area contributed by atoms with E-state index in [-0.39, 0.29) is 0 Å². The van der Waals surface area contributed by atoms with Gasteiger partial charge in [-0.15, -0.1) is 0 Å². The summed E-state index contributed by atoms with van der Waals surface area (Å²) in [5, 5.41) is 0. The van der Waals surface area contributed by atoms with Crippen LogP contribution in [0.2, 0.25) is 0 Å². The molecule has 0 heterocycles. The van der Waals surface area contributed by atoms with Crippen molar-refractivity contribution in [1.82, 2.24) is 0 Å². The molecule has 1 aromatic carbocycles. The topological polar surface area (TPSA) is 0 Å². The van der Waals surface area contributed by atoms with Crippen LogP contribution in [-0.4, -0.2) is 0 Å². The molecule has 2 unspecified atom stereocenters. The van der Waals surface area contributed by atoms with Crippen LogP contribution < -0.4 is 0 Å². The van der Waals surface area contributed by atoms with Gasteiger partial charge in [0.1, 0.15) is 0 Å². The molecule has 0 heteroatoms. The summed E-state index contributed by atoms with van der Waals surface area (Å²) >= 11 is 0. The molecule has 0 radical (unpaired) electrons. The van der Waals surface area contributed by atoms with Crippen LogP contribution in [0.4, 0.5) is 0 Å². The average molecular weight is 184 g/mol. The minimum absolute atomic E-state index is 0.636. The fraction of sp³-hybridized carbons (Fsp3) is 0.429. The highest BCUT2D eigenvalue weighted by atomic mass is 14.6. The Bertz CT molecular complexity index is 414. The molecule has 0 aromatic heterocycles. The summed E-state index contributed by atoms with van der Waals surface area (Å²) in [6.45, 7) is 4.50. The van der Waals surface area contributed by atoms with Gasteiger partial charge in [-0.2, -0.15) is 0 Å². The Morgan fingerprint density at radius 2 is 2.29 bits per heavy atom. The molecule has 14 heavy (non-hydrogen) atoms. The van der Waals surface area contributed by atoms with Gasteiger partial charge >= 0.3 is 0 Å². The zero-order chi connectivity index (χ0) is 9.76. The number of hydrogen-bond acceptors (Lipinski definition) is 0. The number of allylic oxidation sites excluding steroid dienone is 1. The van der Waals surface area contributed by atoms with E-state index < -0.39 is 0 Å². The maximum Gasteiger partial charge on any atom is -0.00961 e. The molecular weight excluding hydrogens is 168 g/mol. The number of rotatable bonds is 1. The molecule has 1 fully saturated rings. The van der Waals surface area contributed by atoms with Gasteiger partial charge in [0.2, 0.25) is 0 Å². The van der Waals surface area contributed by atoms with Gasteiger partial charge in [0.25, 0.3) is 0 Å². The zero-order valence-corrected chi connectivity index (χ0v) is 8.88. The first-order valence-electron chi connectivity index (χ1n) is 5.48. The lowest BCUT2D eigenvalue weighted by molar-refractivity contribution is 0.579. The van der Waals surface area contributed by atoms with Crippen molar-refractivity contribution in [3.05, 3.63) is 41.0 Å². The summed E-state index contributed by atoms with van der Waals surface area (Å²) in [7, 11) is 0. The molecule has 0 amide bonds. The summed E-state index contributed by atoms with van der Waals surface area (Å²) in [5.74, 6) is 0.878. The summed E-state index contributed by atoms with van der Waals surface area (Å²) in [5.41, 5.74) is 5.22. The van der Waals surface area contributed by atoms with Gasteiger partial charge in [-0.05, 0) is 47.8 Å². The fourth-order valence-electron chi connectivity index (χ4n) is 2.92. The molecular formula is C14H16. The van der Waals surface area contributed by atoms with Gasteiger partial charge in [-0.3, -0.25) is 0 Å². The van der Waals surface area contributed by atoms with Crippen molar-refractivity contribution in [3.8, 4) is 0 Å². The summed E-state index contributed by atoms with van der Waals surface area (Å²) in [6, 6.07) is 6.95. The van der Waals surface area contributed by atoms with Crippen molar-refractivity contribution >= 4 is 6.08 Å². The molecule has 3 rings (SSSR count). The van der Waals surface area contributed by atoms with E-state index in [1.54, 1.807) is 11.1 Å². The third kappa shape index (κ3) is 1.00. The average Bonchev–Trinajstić information content (AvgIpc) is 2.74. The van der Waals surface area contributed by atoms with E-state index in [9.17, 15) is 0 Å². The lowest BCUT2D eigenvalue weighted by Crippen LogP contribution is -1.93. The van der Waals surface area contributed by atoms with E-state index in [4.69, 9.17) is 0 Å². The molecule has 2 atom stereocenters. The van der Waals surface area contributed by atoms with Crippen LogP contribution in [0.1, 0.15) is 42.9 Å². The highest BCUT2D eigenvalue weighted by Crippen LogP contribution is 2.66. The number of hydrogen-bond donors (Lipinski definition) is 0. The minimum Gasteiger partial charge on any atom is -0.0871 e. The Labute approximate surface area is 85.6 Å². The van der Waals surface area contributed by atoms with Crippen LogP contribution in [0.25, 0.3) is 6.08 Å². The highest BCUT2D eigenvalue weighted by molar-refractivity contribution is 5.55. The van der Waals surface area contributed by atoms with Crippen LogP contribution in [-0.2, 0) is 6.42 Å². The van der Waals surface area contributed by atoms with E-state index >= 15 is 0 Å². The maximum atomic E-state index is 2.42. The predicted molar refractivity (Wildman–Crippen MR) is 60.3 cm³/mol. The van der Waals surface area contributed by atoms with Crippen LogP contribution in [0.3, 0.4) is 0 Å². The Balaban J connectivity index is 2.05. The van der Waals surface area contributed by atoms with Crippen LogP contribution in [0.15, 0.2) is 24.3 Å². The van der Waals surface area contributed by atoms with Crippen molar-refractivity contribution in [1.29, 1.82) is 0 Å². The van der Waals surface area contributed by atoms with Gasteiger partial charge in [0, 0.05) is 0 Å². The zero-order valence-electron chi connectivity index (χ0n) is 8.88. The molecule has 0 nitrogen and oxygen atoms in total. The quantitative estimate of drug-likeness (QED) is 0.623. The second kappa shape index (κ2) is 2.50. The highest BCUT2D eigenvalue weighted by Gasteiger charge is 2.55. The van der Waals surface area contributed by atoms with E-state index in [1.807, 2.05) is 0 Å². The Morgan fingerprint density at radius 1 is 1.43 bits per heavy atom. The summed E-state index contributed by atoms with van der Waals surface area (Å²) in [4.78, 5) is 0. The lowest BCUT2D eigenvalue weighted by Gasteiger charge is -2.04. The Morgan fingerprint density at radius 3 is 3.07 bits per heavy atom. The molecule has 2 aliphatic carbocycles. The molecule has 0 saturated heterocycles. The molecule has 0 spiro atoms. The number of fused-ring (bicyclic) bond motifs is 3. The molecule has 2 aliphatic rings. The monoisotopic (exact) mass is 184 g/mol. The van der Waals surface area contributed by atoms with Crippen molar-refractivity contribution in [2.45, 2.75) is 32.6 Å². The van der Waals surface area contributed by atoms with E-state index in [2.05, 4.69) is 44.2 Å². The third-order valence-electron chi connectivity index (χ3n) is 3.85. The van der Waals surface area contributed by atoms with Gasteiger partial charge in [-0.25, -0.2) is 0 Å². The summed E-state index contributed by atoms with van der Waals surface area (Å²) < 4.78 is 0. The van der Waals surface area contributed by atoms with E-state index in [0.717, 1.165) is 5.92 Å². The van der Waals surface area contributed by atoms with Crippen molar-refractivity contribution in [2.75, 3.05) is 0 Å². The van der Waals surface area contributed by atoms with Gasteiger partial charge < -0.3 is 0 Å². The van der Waals surface area contributed by atoms with Gasteiger partial charge in [0.05, 0.1) is 0 Å². The first kappa shape index (κ1) is 8.28. The van der Waals surface area contributed by atoms with Crippen LogP contribution in [0, 0.1) is 5.41 Å². The first-order valence-corrected chi connectivity index (χ1v) is 5.48. The minimum atomic E-state index is 0.636. The van der Waals surface area contributed by atoms with Crippen LogP contribution in [0.5, 0.6) is 0 Å². The van der Waals surface area contributed by atoms with Gasteiger partial charge in [-0.1, -0.05) is 37.3 Å². The smallest absolute Gasteiger partial charge is 0.00961 e.